The quantitative estimate of drug-likeness (QED) is 0.574. The van der Waals surface area contributed by atoms with Crippen LogP contribution in [0.25, 0.3) is 10.6 Å². The number of aromatic nitrogens is 2. The summed E-state index contributed by atoms with van der Waals surface area (Å²) >= 11 is 1.54. The topological polar surface area (TPSA) is 81.6 Å². The van der Waals surface area contributed by atoms with Gasteiger partial charge in [-0.2, -0.15) is 4.31 Å². The molecule has 0 unspecified atom stereocenters. The van der Waals surface area contributed by atoms with Gasteiger partial charge >= 0.3 is 0 Å². The summed E-state index contributed by atoms with van der Waals surface area (Å²) < 4.78 is 38.4. The summed E-state index contributed by atoms with van der Waals surface area (Å²) in [5.74, 6) is 1.32. The minimum atomic E-state index is -3.60. The third-order valence-corrected chi connectivity index (χ3v) is 8.33. The third-order valence-electron chi connectivity index (χ3n) is 5.27. The Hall–Kier alpha value is -2.49. The van der Waals surface area contributed by atoms with Gasteiger partial charge in [0.1, 0.15) is 21.4 Å². The molecule has 1 aliphatic rings. The van der Waals surface area contributed by atoms with E-state index in [0.29, 0.717) is 31.7 Å². The summed E-state index contributed by atoms with van der Waals surface area (Å²) in [6, 6.07) is 14.5. The second-order valence-corrected chi connectivity index (χ2v) is 9.89. The highest BCUT2D eigenvalue weighted by atomic mass is 32.2. The van der Waals surface area contributed by atoms with Gasteiger partial charge in [0.25, 0.3) is 0 Å². The Kier molecular flexibility index (Phi) is 6.03. The monoisotopic (exact) mass is 445 g/mol. The molecule has 0 aliphatic carbocycles. The number of ether oxygens (including phenoxy) is 2. The molecule has 1 aliphatic heterocycles. The van der Waals surface area contributed by atoms with E-state index in [2.05, 4.69) is 10.2 Å². The zero-order valence-electron chi connectivity index (χ0n) is 16.8. The lowest BCUT2D eigenvalue weighted by atomic mass is 9.99. The second-order valence-electron chi connectivity index (χ2n) is 6.97. The normalized spacial score (nSPS) is 15.8. The van der Waals surface area contributed by atoms with Crippen molar-refractivity contribution in [2.45, 2.75) is 23.7 Å². The van der Waals surface area contributed by atoms with Crippen molar-refractivity contribution < 1.29 is 17.9 Å². The highest BCUT2D eigenvalue weighted by Gasteiger charge is 2.33. The summed E-state index contributed by atoms with van der Waals surface area (Å²) in [6.45, 7) is 0.878. The second kappa shape index (κ2) is 8.71. The van der Waals surface area contributed by atoms with Crippen molar-refractivity contribution in [1.82, 2.24) is 14.5 Å². The molecule has 0 amide bonds. The van der Waals surface area contributed by atoms with Crippen LogP contribution in [0.4, 0.5) is 0 Å². The fourth-order valence-electron chi connectivity index (χ4n) is 3.64. The average molecular weight is 446 g/mol. The van der Waals surface area contributed by atoms with Crippen molar-refractivity contribution in [2.75, 3.05) is 27.3 Å². The molecular weight excluding hydrogens is 422 g/mol. The number of nitrogens with zero attached hydrogens (tertiary/aromatic N) is 3. The smallest absolute Gasteiger partial charge is 0.246 e. The fourth-order valence-corrected chi connectivity index (χ4v) is 6.31. The number of benzene rings is 2. The van der Waals surface area contributed by atoms with E-state index in [1.807, 2.05) is 24.3 Å². The third kappa shape index (κ3) is 3.92. The number of sulfonamides is 1. The largest absolute Gasteiger partial charge is 0.496 e. The van der Waals surface area contributed by atoms with Gasteiger partial charge in [-0.05, 0) is 37.1 Å². The van der Waals surface area contributed by atoms with Crippen LogP contribution >= 0.6 is 11.3 Å². The van der Waals surface area contributed by atoms with Gasteiger partial charge in [-0.3, -0.25) is 0 Å². The lowest BCUT2D eigenvalue weighted by molar-refractivity contribution is 0.316. The molecule has 4 rings (SSSR count). The molecule has 0 N–H and O–H groups in total. The van der Waals surface area contributed by atoms with Crippen LogP contribution in [-0.2, 0) is 10.0 Å². The van der Waals surface area contributed by atoms with Crippen molar-refractivity contribution in [3.8, 4) is 22.1 Å². The number of methoxy groups -OCH3 is 2. The summed E-state index contributed by atoms with van der Waals surface area (Å²) in [4.78, 5) is 0.209. The van der Waals surface area contributed by atoms with Crippen LogP contribution in [-0.4, -0.2) is 50.2 Å². The van der Waals surface area contributed by atoms with Crippen LogP contribution in [0.3, 0.4) is 0 Å². The first-order valence-corrected chi connectivity index (χ1v) is 11.9. The zero-order valence-corrected chi connectivity index (χ0v) is 18.4. The van der Waals surface area contributed by atoms with E-state index < -0.39 is 10.0 Å². The minimum Gasteiger partial charge on any atom is -0.496 e. The lowest BCUT2D eigenvalue weighted by Gasteiger charge is -2.30. The molecule has 0 saturated carbocycles. The maximum absolute atomic E-state index is 13.1. The van der Waals surface area contributed by atoms with Crippen molar-refractivity contribution >= 4 is 21.4 Å². The molecule has 158 valence electrons. The van der Waals surface area contributed by atoms with Gasteiger partial charge in [-0.1, -0.05) is 35.6 Å². The molecule has 30 heavy (non-hydrogen) atoms. The molecule has 2 aromatic carbocycles. The Morgan fingerprint density at radius 3 is 2.27 bits per heavy atom. The molecule has 1 fully saturated rings. The average Bonchev–Trinajstić information content (AvgIpc) is 3.29. The predicted molar refractivity (Wildman–Crippen MR) is 116 cm³/mol. The van der Waals surface area contributed by atoms with Crippen molar-refractivity contribution in [3.05, 3.63) is 53.5 Å². The van der Waals surface area contributed by atoms with Crippen molar-refractivity contribution in [3.63, 3.8) is 0 Å². The molecule has 0 bridgehead atoms. The summed E-state index contributed by atoms with van der Waals surface area (Å²) in [7, 11) is -0.479. The Morgan fingerprint density at radius 1 is 0.933 bits per heavy atom. The van der Waals surface area contributed by atoms with Crippen LogP contribution in [0, 0.1) is 0 Å². The molecule has 0 radical (unpaired) electrons. The minimum absolute atomic E-state index is 0.190. The molecular formula is C21H23N3O4S2. The number of hydrogen-bond donors (Lipinski definition) is 0. The highest BCUT2D eigenvalue weighted by Crippen LogP contribution is 2.38. The Morgan fingerprint density at radius 2 is 1.57 bits per heavy atom. The maximum Gasteiger partial charge on any atom is 0.246 e. The molecule has 2 heterocycles. The van der Waals surface area contributed by atoms with E-state index in [4.69, 9.17) is 9.47 Å². The Labute approximate surface area is 180 Å². The van der Waals surface area contributed by atoms with E-state index in [1.54, 1.807) is 42.7 Å². The zero-order chi connectivity index (χ0) is 21.1. The van der Waals surface area contributed by atoms with E-state index in [0.717, 1.165) is 21.3 Å². The summed E-state index contributed by atoms with van der Waals surface area (Å²) in [5.41, 5.74) is 0.917. The summed E-state index contributed by atoms with van der Waals surface area (Å²) in [5, 5.41) is 10.5. The van der Waals surface area contributed by atoms with Gasteiger partial charge in [0.2, 0.25) is 10.0 Å². The molecule has 1 saturated heterocycles. The van der Waals surface area contributed by atoms with E-state index >= 15 is 0 Å². The van der Waals surface area contributed by atoms with Gasteiger partial charge in [-0.25, -0.2) is 8.42 Å². The number of hydrogen-bond acceptors (Lipinski definition) is 7. The van der Waals surface area contributed by atoms with Crippen LogP contribution in [0.5, 0.6) is 11.5 Å². The molecule has 0 spiro atoms. The number of para-hydroxylation sites is 2. The van der Waals surface area contributed by atoms with Crippen LogP contribution < -0.4 is 9.47 Å². The fraction of sp³-hybridized carbons (Fsp3) is 0.333. The number of piperidine rings is 1. The first-order valence-electron chi connectivity index (χ1n) is 9.64. The van der Waals surface area contributed by atoms with Gasteiger partial charge in [0.15, 0.2) is 5.01 Å². The van der Waals surface area contributed by atoms with Crippen LogP contribution in [0.2, 0.25) is 0 Å². The number of rotatable bonds is 6. The van der Waals surface area contributed by atoms with E-state index in [-0.39, 0.29) is 10.8 Å². The van der Waals surface area contributed by atoms with Gasteiger partial charge < -0.3 is 9.47 Å². The molecule has 7 nitrogen and oxygen atoms in total. The SMILES string of the molecule is COc1ccccc1-c1nnc(C2CCN(S(=O)(=O)c3ccccc3OC)CC2)s1. The van der Waals surface area contributed by atoms with Gasteiger partial charge in [0.05, 0.1) is 19.8 Å². The standard InChI is InChI=1S/C21H23N3O4S2/c1-27-17-8-4-3-7-16(17)21-23-22-20(29-21)15-11-13-24(14-12-15)30(25,26)19-10-6-5-9-18(19)28-2/h3-10,15H,11-14H2,1-2H3. The van der Waals surface area contributed by atoms with Crippen molar-refractivity contribution in [2.24, 2.45) is 0 Å². The van der Waals surface area contributed by atoms with Crippen molar-refractivity contribution in [1.29, 1.82) is 0 Å². The highest BCUT2D eigenvalue weighted by molar-refractivity contribution is 7.89. The van der Waals surface area contributed by atoms with Gasteiger partial charge in [-0.15, -0.1) is 10.2 Å². The van der Waals surface area contributed by atoms with E-state index in [1.165, 1.54) is 11.4 Å². The maximum atomic E-state index is 13.1. The first-order chi connectivity index (χ1) is 14.5. The molecule has 3 aromatic rings. The Balaban J connectivity index is 1.48. The van der Waals surface area contributed by atoms with Crippen LogP contribution in [0.15, 0.2) is 53.4 Å². The van der Waals surface area contributed by atoms with E-state index in [9.17, 15) is 8.42 Å². The lowest BCUT2D eigenvalue weighted by Crippen LogP contribution is -2.38. The van der Waals surface area contributed by atoms with Gasteiger partial charge in [0, 0.05) is 19.0 Å². The Bertz CT molecular complexity index is 1120. The molecule has 0 atom stereocenters. The first kappa shape index (κ1) is 20.8. The predicted octanol–water partition coefficient (Wildman–Crippen LogP) is 3.79. The molecule has 9 heteroatoms. The van der Waals surface area contributed by atoms with Crippen LogP contribution in [0.1, 0.15) is 23.8 Å². The molecule has 1 aromatic heterocycles. The summed E-state index contributed by atoms with van der Waals surface area (Å²) in [6.07, 6.45) is 1.41.